The summed E-state index contributed by atoms with van der Waals surface area (Å²) in [6.45, 7) is 8.05. The minimum absolute atomic E-state index is 0.0911. The van der Waals surface area contributed by atoms with Gasteiger partial charge in [-0.2, -0.15) is 10.4 Å². The summed E-state index contributed by atoms with van der Waals surface area (Å²) in [4.78, 5) is 15.2. The Balaban J connectivity index is 0.970. The van der Waals surface area contributed by atoms with Crippen LogP contribution in [-0.4, -0.2) is 81.7 Å². The van der Waals surface area contributed by atoms with Crippen LogP contribution in [0.5, 0.6) is 5.75 Å². The molecule has 61 heavy (non-hydrogen) atoms. The molecular weight excluding hydrogens is 801 g/mol. The summed E-state index contributed by atoms with van der Waals surface area (Å²) < 4.78 is 63.9. The molecule has 6 rings (SSSR count). The standard InChI is InChI=1S/C45H68N5O10P/c1-6-7-8-9-10-11-12-13-14-15-16-17-18-19-20-21-26-54-30-35(55-29-34-23-22-33(28-46)27-38(34)53-5)31-56-61(51,52)59-42-44(4)45(42)40(58-43(2,3)60-45)39(57-44)36-24-25-37-41(47)48-32-49-50(36)37/h22-25,27,32,35,39-40,42H,6-21,26,29-31H2,1-5H3,(H,51,52)(H2,47,48,49)/t35?,39-,40-,42?,44+,45+/m0/s1. The fourth-order valence-electron chi connectivity index (χ4n) is 8.96. The van der Waals surface area contributed by atoms with E-state index in [1.807, 2.05) is 6.07 Å². The first kappa shape index (κ1) is 47.3. The van der Waals surface area contributed by atoms with E-state index in [1.165, 1.54) is 96.9 Å². The zero-order chi connectivity index (χ0) is 43.5. The van der Waals surface area contributed by atoms with Gasteiger partial charge in [-0.3, -0.25) is 9.05 Å². The van der Waals surface area contributed by atoms with Crippen LogP contribution < -0.4 is 10.5 Å². The predicted molar refractivity (Wildman–Crippen MR) is 230 cm³/mol. The minimum Gasteiger partial charge on any atom is -0.496 e. The van der Waals surface area contributed by atoms with Crippen LogP contribution in [0.2, 0.25) is 0 Å². The van der Waals surface area contributed by atoms with Gasteiger partial charge in [0.05, 0.1) is 44.3 Å². The summed E-state index contributed by atoms with van der Waals surface area (Å²) in [7, 11) is -3.19. The number of fused-ring (bicyclic) bond motifs is 1. The Labute approximate surface area is 361 Å². The van der Waals surface area contributed by atoms with Crippen molar-refractivity contribution in [3.05, 3.63) is 53.5 Å². The lowest BCUT2D eigenvalue weighted by atomic mass is 10.0. The summed E-state index contributed by atoms with van der Waals surface area (Å²) in [6, 6.07) is 10.8. The van der Waals surface area contributed by atoms with Crippen LogP contribution in [0.1, 0.15) is 153 Å². The molecule has 338 valence electrons. The van der Waals surface area contributed by atoms with Crippen LogP contribution in [0, 0.1) is 11.3 Å². The third kappa shape index (κ3) is 11.5. The van der Waals surface area contributed by atoms with E-state index < -0.39 is 49.2 Å². The van der Waals surface area contributed by atoms with Gasteiger partial charge in [0.2, 0.25) is 0 Å². The smallest absolute Gasteiger partial charge is 0.472 e. The molecule has 3 aliphatic rings. The molecule has 1 saturated carbocycles. The zero-order valence-corrected chi connectivity index (χ0v) is 37.7. The predicted octanol–water partition coefficient (Wildman–Crippen LogP) is 9.29. The lowest BCUT2D eigenvalue weighted by Crippen LogP contribution is -2.33. The second-order valence-electron chi connectivity index (χ2n) is 17.4. The largest absolute Gasteiger partial charge is 0.496 e. The first-order chi connectivity index (χ1) is 29.4. The van der Waals surface area contributed by atoms with Crippen LogP contribution in [0.3, 0.4) is 0 Å². The monoisotopic (exact) mass is 869 g/mol. The molecule has 0 bridgehead atoms. The van der Waals surface area contributed by atoms with Gasteiger partial charge in [0, 0.05) is 12.2 Å². The van der Waals surface area contributed by atoms with E-state index in [0.29, 0.717) is 40.5 Å². The zero-order valence-electron chi connectivity index (χ0n) is 36.9. The summed E-state index contributed by atoms with van der Waals surface area (Å²) in [5.41, 5.74) is 6.17. The highest BCUT2D eigenvalue weighted by Crippen LogP contribution is 2.74. The SMILES string of the molecule is CCCCCCCCCCCCCCCCCCOCC(COP(=O)(O)OC1[C@@]2(C)O[C@@H](c3ccc4c(N)ncnn34)[C@@H]3OC(C)(C)O[C@@]132)OCc1ccc(C#N)cc1OC. The Bertz CT molecular complexity index is 1960. The van der Waals surface area contributed by atoms with Gasteiger partial charge >= 0.3 is 7.82 Å². The molecule has 4 heterocycles. The molecule has 3 N–H and O–H groups in total. The minimum atomic E-state index is -4.71. The van der Waals surface area contributed by atoms with E-state index in [9.17, 15) is 14.7 Å². The number of phosphoric ester groups is 1. The lowest BCUT2D eigenvalue weighted by Gasteiger charge is -2.25. The number of hydrogen-bond acceptors (Lipinski definition) is 13. The van der Waals surface area contributed by atoms with Crippen molar-refractivity contribution in [2.75, 3.05) is 32.7 Å². The molecule has 2 aliphatic heterocycles. The molecule has 0 radical (unpaired) electrons. The second kappa shape index (κ2) is 21.5. The fourth-order valence-corrected chi connectivity index (χ4v) is 10.00. The third-order valence-corrected chi connectivity index (χ3v) is 13.2. The van der Waals surface area contributed by atoms with E-state index in [-0.39, 0.29) is 19.8 Å². The number of hydrogen-bond donors (Lipinski definition) is 2. The summed E-state index contributed by atoms with van der Waals surface area (Å²) in [5.74, 6) is -0.226. The van der Waals surface area contributed by atoms with Crippen molar-refractivity contribution >= 4 is 19.2 Å². The van der Waals surface area contributed by atoms with Gasteiger partial charge in [0.1, 0.15) is 47.6 Å². The summed E-state index contributed by atoms with van der Waals surface area (Å²) in [6.07, 6.45) is 18.9. The molecule has 16 heteroatoms. The Kier molecular flexibility index (Phi) is 16.7. The molecule has 1 aromatic carbocycles. The number of rotatable bonds is 29. The topological polar surface area (TPSA) is 191 Å². The van der Waals surface area contributed by atoms with Crippen LogP contribution in [0.15, 0.2) is 36.7 Å². The maximum Gasteiger partial charge on any atom is 0.472 e. The first-order valence-corrected chi connectivity index (χ1v) is 23.9. The van der Waals surface area contributed by atoms with Crippen molar-refractivity contribution < 1.29 is 46.9 Å². The maximum atomic E-state index is 13.7. The molecule has 0 amide bonds. The second-order valence-corrected chi connectivity index (χ2v) is 18.8. The van der Waals surface area contributed by atoms with Gasteiger partial charge in [-0.25, -0.2) is 14.1 Å². The van der Waals surface area contributed by atoms with E-state index >= 15 is 0 Å². The Morgan fingerprint density at radius 2 is 1.59 bits per heavy atom. The molecule has 1 aliphatic carbocycles. The van der Waals surface area contributed by atoms with Gasteiger partial charge in [-0.05, 0) is 51.5 Å². The van der Waals surface area contributed by atoms with Gasteiger partial charge in [-0.15, -0.1) is 0 Å². The number of anilines is 1. The molecule has 2 aromatic heterocycles. The molecule has 1 spiro atoms. The van der Waals surface area contributed by atoms with Crippen LogP contribution in [0.4, 0.5) is 5.82 Å². The van der Waals surface area contributed by atoms with Crippen LogP contribution >= 0.6 is 7.82 Å². The molecule has 15 nitrogen and oxygen atoms in total. The number of nitrogen functional groups attached to an aromatic ring is 1. The van der Waals surface area contributed by atoms with E-state index in [1.54, 1.807) is 49.6 Å². The van der Waals surface area contributed by atoms with Crippen LogP contribution in [-0.2, 0) is 43.9 Å². The van der Waals surface area contributed by atoms with Crippen molar-refractivity contribution in [1.29, 1.82) is 5.26 Å². The van der Waals surface area contributed by atoms with E-state index in [2.05, 4.69) is 23.1 Å². The molecule has 7 atom stereocenters. The number of aromatic nitrogens is 3. The van der Waals surface area contributed by atoms with Crippen molar-refractivity contribution in [3.8, 4) is 11.8 Å². The molecule has 2 saturated heterocycles. The number of ether oxygens (including phenoxy) is 6. The van der Waals surface area contributed by atoms with E-state index in [0.717, 1.165) is 19.3 Å². The highest BCUT2D eigenvalue weighted by Gasteiger charge is 2.92. The maximum absolute atomic E-state index is 13.7. The van der Waals surface area contributed by atoms with Crippen molar-refractivity contribution in [2.24, 2.45) is 0 Å². The van der Waals surface area contributed by atoms with E-state index in [4.69, 9.17) is 43.2 Å². The van der Waals surface area contributed by atoms with Crippen LogP contribution in [0.25, 0.3) is 5.52 Å². The van der Waals surface area contributed by atoms with Gasteiger partial charge < -0.3 is 39.0 Å². The number of benzene rings is 1. The van der Waals surface area contributed by atoms with Crippen molar-refractivity contribution in [2.45, 2.75) is 178 Å². The summed E-state index contributed by atoms with van der Waals surface area (Å²) in [5, 5.41) is 13.7. The Morgan fingerprint density at radius 3 is 2.23 bits per heavy atom. The number of phosphoric acid groups is 1. The highest BCUT2D eigenvalue weighted by molar-refractivity contribution is 7.47. The van der Waals surface area contributed by atoms with Gasteiger partial charge in [0.15, 0.2) is 17.2 Å². The Hall–Kier alpha value is -3.16. The number of nitriles is 1. The van der Waals surface area contributed by atoms with Crippen molar-refractivity contribution in [1.82, 2.24) is 14.6 Å². The average Bonchev–Trinajstić information content (AvgIpc) is 3.63. The third-order valence-electron chi connectivity index (χ3n) is 12.3. The molecule has 3 unspecified atom stereocenters. The average molecular weight is 870 g/mol. The number of methoxy groups -OCH3 is 1. The number of nitrogens with two attached hydrogens (primary N) is 1. The lowest BCUT2D eigenvalue weighted by molar-refractivity contribution is -0.186. The normalized spacial score (nSPS) is 25.2. The molecule has 3 aromatic rings. The first-order valence-electron chi connectivity index (χ1n) is 22.4. The number of nitrogens with zero attached hydrogens (tertiary/aromatic N) is 4. The Morgan fingerprint density at radius 1 is 0.934 bits per heavy atom. The number of unbranched alkanes of at least 4 members (excludes halogenated alkanes) is 15. The fraction of sp³-hybridized carbons (Fsp3) is 0.711. The summed E-state index contributed by atoms with van der Waals surface area (Å²) >= 11 is 0. The van der Waals surface area contributed by atoms with Gasteiger partial charge in [0.25, 0.3) is 0 Å². The quantitative estimate of drug-likeness (QED) is 0.0495. The molecule has 3 fully saturated rings. The highest BCUT2D eigenvalue weighted by atomic mass is 31.2. The molecular formula is C45H68N5O10P. The van der Waals surface area contributed by atoms with Gasteiger partial charge in [-0.1, -0.05) is 109 Å². The van der Waals surface area contributed by atoms with Crippen molar-refractivity contribution in [3.63, 3.8) is 0 Å².